The fourth-order valence-corrected chi connectivity index (χ4v) is 1.72. The van der Waals surface area contributed by atoms with E-state index in [1.165, 1.54) is 14.1 Å². The van der Waals surface area contributed by atoms with Crippen LogP contribution in [0.2, 0.25) is 0 Å². The molecule has 7 nitrogen and oxygen atoms in total. The Morgan fingerprint density at radius 2 is 1.77 bits per heavy atom. The number of nitrogens with two attached hydrogens (primary N) is 1. The number of rotatable bonds is 3. The molecule has 0 aromatic carbocycles. The number of carboxylic acid groups (broad SMARTS) is 1. The monoisotopic (exact) mass is 312 g/mol. The van der Waals surface area contributed by atoms with Gasteiger partial charge in [-0.25, -0.2) is 9.79 Å². The van der Waals surface area contributed by atoms with Gasteiger partial charge in [0.1, 0.15) is 11.9 Å². The molecule has 1 rings (SSSR count). The lowest BCUT2D eigenvalue weighted by molar-refractivity contribution is 0.165. The van der Waals surface area contributed by atoms with E-state index in [0.29, 0.717) is 12.1 Å². The maximum absolute atomic E-state index is 9.85. The third-order valence-corrected chi connectivity index (χ3v) is 2.96. The second-order valence-electron chi connectivity index (χ2n) is 5.71. The van der Waals surface area contributed by atoms with Crippen LogP contribution in [0.3, 0.4) is 0 Å². The van der Waals surface area contributed by atoms with Crippen LogP contribution >= 0.6 is 0 Å². The number of aliphatic hydroxyl groups is 1. The number of nitrogens with zero attached hydrogens (tertiary/aromatic N) is 3. The van der Waals surface area contributed by atoms with E-state index < -0.39 is 12.2 Å². The first-order valence-electron chi connectivity index (χ1n) is 7.15. The molecule has 0 fully saturated rings. The molecule has 1 heterocycles. The van der Waals surface area contributed by atoms with Crippen molar-refractivity contribution in [3.63, 3.8) is 0 Å². The van der Waals surface area contributed by atoms with Crippen LogP contribution < -0.4 is 5.73 Å². The minimum absolute atomic E-state index is 0.251. The predicted molar refractivity (Wildman–Crippen MR) is 88.7 cm³/mol. The zero-order valence-corrected chi connectivity index (χ0v) is 14.2. The van der Waals surface area contributed by atoms with Gasteiger partial charge in [-0.2, -0.15) is 0 Å². The molecule has 1 aliphatic heterocycles. The quantitative estimate of drug-likeness (QED) is 0.732. The second kappa shape index (κ2) is 9.09. The van der Waals surface area contributed by atoms with Gasteiger partial charge >= 0.3 is 6.09 Å². The lowest BCUT2D eigenvalue weighted by atomic mass is 10.1. The summed E-state index contributed by atoms with van der Waals surface area (Å²) in [5.41, 5.74) is 6.37. The number of hydrogen-bond donors (Lipinski definition) is 3. The van der Waals surface area contributed by atoms with Crippen molar-refractivity contribution in [3.05, 3.63) is 24.0 Å². The first-order chi connectivity index (χ1) is 10.1. The Morgan fingerprint density at radius 3 is 2.14 bits per heavy atom. The van der Waals surface area contributed by atoms with Gasteiger partial charge in [-0.1, -0.05) is 0 Å². The Balaban J connectivity index is 0.000000626. The first-order valence-corrected chi connectivity index (χ1v) is 7.15. The van der Waals surface area contributed by atoms with Gasteiger partial charge in [0.05, 0.1) is 0 Å². The molecule has 22 heavy (non-hydrogen) atoms. The molecule has 1 unspecified atom stereocenters. The summed E-state index contributed by atoms with van der Waals surface area (Å²) in [6.07, 6.45) is 3.67. The van der Waals surface area contributed by atoms with Crippen molar-refractivity contribution < 1.29 is 15.0 Å². The fourth-order valence-electron chi connectivity index (χ4n) is 1.72. The summed E-state index contributed by atoms with van der Waals surface area (Å²) in [6.45, 7) is 8.47. The highest BCUT2D eigenvalue weighted by Crippen LogP contribution is 2.15. The summed E-state index contributed by atoms with van der Waals surface area (Å²) in [6, 6.07) is 0.765. The van der Waals surface area contributed by atoms with Crippen LogP contribution in [0.1, 0.15) is 27.7 Å². The van der Waals surface area contributed by atoms with Gasteiger partial charge < -0.3 is 25.7 Å². The first kappa shape index (κ1) is 20.0. The van der Waals surface area contributed by atoms with E-state index >= 15 is 0 Å². The van der Waals surface area contributed by atoms with Crippen LogP contribution in [0.5, 0.6) is 0 Å². The molecule has 0 spiro atoms. The van der Waals surface area contributed by atoms with Gasteiger partial charge in [0.2, 0.25) is 0 Å². The highest BCUT2D eigenvalue weighted by Gasteiger charge is 2.18. The van der Waals surface area contributed by atoms with Crippen LogP contribution in [0.15, 0.2) is 29.0 Å². The van der Waals surface area contributed by atoms with Crippen molar-refractivity contribution in [2.24, 2.45) is 10.7 Å². The number of hydrogen-bond acceptors (Lipinski definition) is 5. The van der Waals surface area contributed by atoms with Crippen LogP contribution in [-0.2, 0) is 0 Å². The van der Waals surface area contributed by atoms with Crippen molar-refractivity contribution in [1.82, 2.24) is 9.80 Å². The van der Waals surface area contributed by atoms with Crippen LogP contribution in [0.25, 0.3) is 0 Å². The van der Waals surface area contributed by atoms with E-state index in [9.17, 15) is 9.90 Å². The number of aliphatic imine (C=N–C) groups is 1. The van der Waals surface area contributed by atoms with Crippen LogP contribution in [0, 0.1) is 0 Å². The predicted octanol–water partition coefficient (Wildman–Crippen LogP) is 1.46. The summed E-state index contributed by atoms with van der Waals surface area (Å²) in [5, 5.41) is 17.8. The molecule has 7 heteroatoms. The Bertz CT molecular complexity index is 446. The van der Waals surface area contributed by atoms with Gasteiger partial charge in [-0.05, 0) is 33.8 Å². The molecule has 0 saturated carbocycles. The van der Waals surface area contributed by atoms with Crippen LogP contribution in [-0.4, -0.2) is 64.2 Å². The molecular weight excluding hydrogens is 284 g/mol. The molecule has 0 saturated heterocycles. The van der Waals surface area contributed by atoms with Gasteiger partial charge in [0, 0.05) is 44.2 Å². The van der Waals surface area contributed by atoms with E-state index in [1.807, 2.05) is 6.20 Å². The lowest BCUT2D eigenvalue weighted by Gasteiger charge is -2.31. The number of aliphatic hydroxyl groups excluding tert-OH is 1. The van der Waals surface area contributed by atoms with Crippen molar-refractivity contribution in [3.8, 4) is 0 Å². The van der Waals surface area contributed by atoms with E-state index in [1.54, 1.807) is 12.3 Å². The van der Waals surface area contributed by atoms with Crippen molar-refractivity contribution in [2.45, 2.75) is 45.9 Å². The molecule has 0 bridgehead atoms. The highest BCUT2D eigenvalue weighted by atomic mass is 16.4. The highest BCUT2D eigenvalue weighted by molar-refractivity contribution is 5.89. The second-order valence-corrected chi connectivity index (χ2v) is 5.71. The minimum Gasteiger partial charge on any atom is -0.465 e. The largest absolute Gasteiger partial charge is 0.465 e. The van der Waals surface area contributed by atoms with Gasteiger partial charge in [0.25, 0.3) is 0 Å². The fraction of sp³-hybridized carbons (Fsp3) is 0.600. The number of amides is 1. The maximum atomic E-state index is 9.85. The number of amidine groups is 1. The average molecular weight is 312 g/mol. The summed E-state index contributed by atoms with van der Waals surface area (Å²) in [7, 11) is 2.95. The van der Waals surface area contributed by atoms with E-state index in [-0.39, 0.29) is 5.84 Å². The molecule has 1 amide bonds. The smallest absolute Gasteiger partial charge is 0.406 e. The Kier molecular flexibility index (Phi) is 8.26. The van der Waals surface area contributed by atoms with Crippen molar-refractivity contribution in [2.75, 3.05) is 14.1 Å². The summed E-state index contributed by atoms with van der Waals surface area (Å²) in [4.78, 5) is 16.8. The van der Waals surface area contributed by atoms with Crippen molar-refractivity contribution in [1.29, 1.82) is 0 Å². The Hall–Kier alpha value is -2.02. The van der Waals surface area contributed by atoms with Crippen LogP contribution in [0.4, 0.5) is 4.79 Å². The third kappa shape index (κ3) is 6.62. The molecule has 0 aliphatic carbocycles. The van der Waals surface area contributed by atoms with E-state index in [0.717, 1.165) is 10.5 Å². The molecule has 1 aliphatic rings. The van der Waals surface area contributed by atoms with Gasteiger partial charge in [-0.15, -0.1) is 0 Å². The summed E-state index contributed by atoms with van der Waals surface area (Å²) >= 11 is 0. The Labute approximate surface area is 132 Å². The minimum atomic E-state index is -0.907. The standard InChI is InChI=1S/C12H21N3O.C3H7NO2/c1-8(2)15(9(3)4)7-10-5-6-14-12(13)11(10)16;1-4(2)3(5)6/h5-9,11,16H,1-4H3,(H2,13,14);1-2H3,(H,5,6). The normalized spacial score (nSPS) is 18.9. The topological polar surface area (TPSA) is 102 Å². The molecule has 4 N–H and O–H groups in total. The zero-order chi connectivity index (χ0) is 17.4. The molecular formula is C15H28N4O3. The summed E-state index contributed by atoms with van der Waals surface area (Å²) < 4.78 is 0. The Morgan fingerprint density at radius 1 is 1.32 bits per heavy atom. The molecule has 0 radical (unpaired) electrons. The zero-order valence-electron chi connectivity index (χ0n) is 14.2. The van der Waals surface area contributed by atoms with E-state index in [4.69, 9.17) is 10.8 Å². The molecule has 0 aromatic rings. The van der Waals surface area contributed by atoms with Gasteiger partial charge in [-0.3, -0.25) is 0 Å². The summed E-state index contributed by atoms with van der Waals surface area (Å²) in [5.74, 6) is 0.251. The molecule has 0 aromatic heterocycles. The lowest BCUT2D eigenvalue weighted by Crippen LogP contribution is -2.36. The number of carbonyl (C=O) groups is 1. The molecule has 1 atom stereocenters. The average Bonchev–Trinajstić information content (AvgIpc) is 2.40. The van der Waals surface area contributed by atoms with Gasteiger partial charge in [0.15, 0.2) is 0 Å². The van der Waals surface area contributed by atoms with E-state index in [2.05, 4.69) is 37.6 Å². The SMILES string of the molecule is CC(C)N(C=C1C=CN=C(N)C1O)C(C)C.CN(C)C(=O)O. The maximum Gasteiger partial charge on any atom is 0.406 e. The van der Waals surface area contributed by atoms with Crippen molar-refractivity contribution >= 4 is 11.9 Å². The molecule has 126 valence electrons. The third-order valence-electron chi connectivity index (χ3n) is 2.96.